The van der Waals surface area contributed by atoms with Gasteiger partial charge in [-0.25, -0.2) is 4.98 Å². The first-order valence-corrected chi connectivity index (χ1v) is 6.83. The summed E-state index contributed by atoms with van der Waals surface area (Å²) in [5.41, 5.74) is 0. The highest BCUT2D eigenvalue weighted by molar-refractivity contribution is 5.71. The molecular weight excluding hydrogens is 242 g/mol. The SMILES string of the molecule is CCOC(=O)CN1CCCN(c2ccccn2)CC1. The number of esters is 1. The minimum absolute atomic E-state index is 0.131. The fraction of sp³-hybridized carbons (Fsp3) is 0.571. The summed E-state index contributed by atoms with van der Waals surface area (Å²) in [6, 6.07) is 5.96. The molecule has 1 aliphatic heterocycles. The van der Waals surface area contributed by atoms with Crippen molar-refractivity contribution in [2.75, 3.05) is 44.2 Å². The van der Waals surface area contributed by atoms with Gasteiger partial charge in [-0.15, -0.1) is 0 Å². The first-order chi connectivity index (χ1) is 9.29. The molecule has 0 radical (unpaired) electrons. The van der Waals surface area contributed by atoms with Gasteiger partial charge in [0.2, 0.25) is 0 Å². The summed E-state index contributed by atoms with van der Waals surface area (Å²) in [5.74, 6) is 0.884. The van der Waals surface area contributed by atoms with Crippen molar-refractivity contribution in [3.8, 4) is 0 Å². The second kappa shape index (κ2) is 7.09. The third kappa shape index (κ3) is 4.21. The van der Waals surface area contributed by atoms with E-state index >= 15 is 0 Å². The zero-order valence-corrected chi connectivity index (χ0v) is 11.4. The lowest BCUT2D eigenvalue weighted by Gasteiger charge is -2.22. The Kier molecular flexibility index (Phi) is 5.15. The Morgan fingerprint density at radius 2 is 2.21 bits per heavy atom. The zero-order chi connectivity index (χ0) is 13.5. The lowest BCUT2D eigenvalue weighted by Crippen LogP contribution is -2.35. The van der Waals surface area contributed by atoms with Gasteiger partial charge >= 0.3 is 5.97 Å². The molecule has 1 aliphatic rings. The van der Waals surface area contributed by atoms with E-state index in [9.17, 15) is 4.79 Å². The van der Waals surface area contributed by atoms with Crippen LogP contribution in [0.2, 0.25) is 0 Å². The number of aromatic nitrogens is 1. The van der Waals surface area contributed by atoms with Crippen LogP contribution in [0.15, 0.2) is 24.4 Å². The molecule has 0 spiro atoms. The van der Waals surface area contributed by atoms with E-state index in [0.717, 1.165) is 38.4 Å². The monoisotopic (exact) mass is 263 g/mol. The molecule has 0 aliphatic carbocycles. The molecule has 0 saturated carbocycles. The van der Waals surface area contributed by atoms with E-state index in [2.05, 4.69) is 14.8 Å². The van der Waals surface area contributed by atoms with E-state index in [1.807, 2.05) is 31.3 Å². The molecule has 1 aromatic rings. The largest absolute Gasteiger partial charge is 0.465 e. The number of hydrogen-bond donors (Lipinski definition) is 0. The fourth-order valence-corrected chi connectivity index (χ4v) is 2.29. The van der Waals surface area contributed by atoms with Crippen LogP contribution in [0, 0.1) is 0 Å². The highest BCUT2D eigenvalue weighted by atomic mass is 16.5. The number of ether oxygens (including phenoxy) is 1. The molecule has 2 heterocycles. The molecule has 0 amide bonds. The van der Waals surface area contributed by atoms with E-state index in [-0.39, 0.29) is 5.97 Å². The first kappa shape index (κ1) is 13.8. The second-order valence-electron chi connectivity index (χ2n) is 4.61. The van der Waals surface area contributed by atoms with Crippen molar-refractivity contribution in [2.24, 2.45) is 0 Å². The van der Waals surface area contributed by atoms with Gasteiger partial charge in [-0.2, -0.15) is 0 Å². The summed E-state index contributed by atoms with van der Waals surface area (Å²) in [6.45, 7) is 6.37. The van der Waals surface area contributed by atoms with Gasteiger partial charge < -0.3 is 9.64 Å². The smallest absolute Gasteiger partial charge is 0.320 e. The summed E-state index contributed by atoms with van der Waals surface area (Å²) in [7, 11) is 0. The second-order valence-corrected chi connectivity index (χ2v) is 4.61. The number of rotatable bonds is 4. The zero-order valence-electron chi connectivity index (χ0n) is 11.4. The summed E-state index contributed by atoms with van der Waals surface area (Å²) in [4.78, 5) is 20.3. The lowest BCUT2D eigenvalue weighted by molar-refractivity contribution is -0.144. The molecule has 0 atom stereocenters. The topological polar surface area (TPSA) is 45.7 Å². The maximum atomic E-state index is 11.5. The van der Waals surface area contributed by atoms with Crippen molar-refractivity contribution in [3.63, 3.8) is 0 Å². The number of nitrogens with zero attached hydrogens (tertiary/aromatic N) is 3. The molecule has 0 unspecified atom stereocenters. The maximum Gasteiger partial charge on any atom is 0.320 e. The van der Waals surface area contributed by atoms with E-state index in [0.29, 0.717) is 13.2 Å². The van der Waals surface area contributed by atoms with Crippen molar-refractivity contribution < 1.29 is 9.53 Å². The van der Waals surface area contributed by atoms with Crippen molar-refractivity contribution in [1.29, 1.82) is 0 Å². The van der Waals surface area contributed by atoms with Crippen LogP contribution in [0.3, 0.4) is 0 Å². The Morgan fingerprint density at radius 1 is 1.32 bits per heavy atom. The van der Waals surface area contributed by atoms with Crippen LogP contribution in [-0.4, -0.2) is 55.2 Å². The molecular formula is C14H21N3O2. The molecule has 5 heteroatoms. The van der Waals surface area contributed by atoms with Gasteiger partial charge in [-0.1, -0.05) is 6.07 Å². The Balaban J connectivity index is 1.86. The Labute approximate surface area is 114 Å². The molecule has 5 nitrogen and oxygen atoms in total. The van der Waals surface area contributed by atoms with Crippen molar-refractivity contribution in [2.45, 2.75) is 13.3 Å². The number of hydrogen-bond acceptors (Lipinski definition) is 5. The average molecular weight is 263 g/mol. The summed E-state index contributed by atoms with van der Waals surface area (Å²) < 4.78 is 4.99. The molecule has 0 aromatic carbocycles. The molecule has 104 valence electrons. The van der Waals surface area contributed by atoms with Crippen LogP contribution >= 0.6 is 0 Å². The third-order valence-corrected chi connectivity index (χ3v) is 3.22. The van der Waals surface area contributed by atoms with Crippen LogP contribution < -0.4 is 4.90 Å². The highest BCUT2D eigenvalue weighted by Gasteiger charge is 2.18. The molecule has 1 aromatic heterocycles. The van der Waals surface area contributed by atoms with E-state index in [4.69, 9.17) is 4.74 Å². The normalized spacial score (nSPS) is 17.0. The van der Waals surface area contributed by atoms with E-state index < -0.39 is 0 Å². The van der Waals surface area contributed by atoms with Crippen LogP contribution in [0.1, 0.15) is 13.3 Å². The minimum Gasteiger partial charge on any atom is -0.465 e. The van der Waals surface area contributed by atoms with Gasteiger partial charge in [-0.05, 0) is 25.5 Å². The summed E-state index contributed by atoms with van der Waals surface area (Å²) in [5, 5.41) is 0. The van der Waals surface area contributed by atoms with Gasteiger partial charge in [-0.3, -0.25) is 9.69 Å². The summed E-state index contributed by atoms with van der Waals surface area (Å²) >= 11 is 0. The van der Waals surface area contributed by atoms with Crippen LogP contribution in [0.5, 0.6) is 0 Å². The standard InChI is InChI=1S/C14H21N3O2/c1-2-19-14(18)12-16-8-5-9-17(11-10-16)13-6-3-4-7-15-13/h3-4,6-7H,2,5,8-12H2,1H3. The van der Waals surface area contributed by atoms with Crippen LogP contribution in [-0.2, 0) is 9.53 Å². The third-order valence-electron chi connectivity index (χ3n) is 3.22. The van der Waals surface area contributed by atoms with Gasteiger partial charge in [0.25, 0.3) is 0 Å². The summed E-state index contributed by atoms with van der Waals surface area (Å²) in [6.07, 6.45) is 2.85. The van der Waals surface area contributed by atoms with Crippen molar-refractivity contribution in [1.82, 2.24) is 9.88 Å². The Bertz CT molecular complexity index is 397. The fourth-order valence-electron chi connectivity index (χ4n) is 2.29. The van der Waals surface area contributed by atoms with Gasteiger partial charge in [0.1, 0.15) is 5.82 Å². The highest BCUT2D eigenvalue weighted by Crippen LogP contribution is 2.12. The predicted molar refractivity (Wildman–Crippen MR) is 74.1 cm³/mol. The molecule has 0 N–H and O–H groups in total. The van der Waals surface area contributed by atoms with E-state index in [1.54, 1.807) is 0 Å². The number of anilines is 1. The first-order valence-electron chi connectivity index (χ1n) is 6.83. The lowest BCUT2D eigenvalue weighted by atomic mass is 10.3. The number of pyridine rings is 1. The molecule has 2 rings (SSSR count). The van der Waals surface area contributed by atoms with Crippen LogP contribution in [0.25, 0.3) is 0 Å². The molecule has 1 fully saturated rings. The predicted octanol–water partition coefficient (Wildman–Crippen LogP) is 1.16. The van der Waals surface area contributed by atoms with E-state index in [1.165, 1.54) is 0 Å². The van der Waals surface area contributed by atoms with Crippen molar-refractivity contribution >= 4 is 11.8 Å². The van der Waals surface area contributed by atoms with Gasteiger partial charge in [0, 0.05) is 32.4 Å². The number of carbonyl (C=O) groups is 1. The van der Waals surface area contributed by atoms with Crippen molar-refractivity contribution in [3.05, 3.63) is 24.4 Å². The maximum absolute atomic E-state index is 11.5. The minimum atomic E-state index is -0.131. The Hall–Kier alpha value is -1.62. The van der Waals surface area contributed by atoms with Gasteiger partial charge in [0.05, 0.1) is 13.2 Å². The van der Waals surface area contributed by atoms with Gasteiger partial charge in [0.15, 0.2) is 0 Å². The quantitative estimate of drug-likeness (QED) is 0.763. The molecule has 1 saturated heterocycles. The average Bonchev–Trinajstić information content (AvgIpc) is 2.66. The molecule has 19 heavy (non-hydrogen) atoms. The van der Waals surface area contributed by atoms with Crippen LogP contribution in [0.4, 0.5) is 5.82 Å². The number of carbonyl (C=O) groups excluding carboxylic acids is 1. The molecule has 0 bridgehead atoms. The Morgan fingerprint density at radius 3 is 2.95 bits per heavy atom.